The van der Waals surface area contributed by atoms with Crippen LogP contribution in [0.15, 0.2) is 65.9 Å². The quantitative estimate of drug-likeness (QED) is 0.562. The molecule has 0 aliphatic carbocycles. The molecule has 0 unspecified atom stereocenters. The van der Waals surface area contributed by atoms with Crippen molar-refractivity contribution in [2.24, 2.45) is 5.10 Å². The molecule has 3 rings (SSSR count). The van der Waals surface area contributed by atoms with E-state index in [1.807, 2.05) is 30.3 Å². The Morgan fingerprint density at radius 1 is 1.00 bits per heavy atom. The average Bonchev–Trinajstić information content (AvgIpc) is 2.49. The van der Waals surface area contributed by atoms with E-state index in [1.165, 1.54) is 0 Å². The van der Waals surface area contributed by atoms with Crippen molar-refractivity contribution in [1.82, 2.24) is 4.98 Å². The lowest BCUT2D eigenvalue weighted by atomic mass is 10.2. The second-order valence-electron chi connectivity index (χ2n) is 4.34. The number of para-hydroxylation sites is 1. The number of anilines is 1. The highest BCUT2D eigenvalue weighted by molar-refractivity contribution is 5.91. The maximum atomic E-state index is 9.21. The molecule has 0 saturated heterocycles. The summed E-state index contributed by atoms with van der Waals surface area (Å²) in [7, 11) is 0. The number of hydrogen-bond donors (Lipinski definition) is 2. The number of hydrogen-bond acceptors (Lipinski definition) is 4. The van der Waals surface area contributed by atoms with Gasteiger partial charge in [-0.2, -0.15) is 5.10 Å². The number of aromatic hydroxyl groups is 1. The molecule has 3 aromatic rings. The molecule has 0 radical (unpaired) electrons. The van der Waals surface area contributed by atoms with Gasteiger partial charge in [-0.3, -0.25) is 10.4 Å². The molecule has 0 aliphatic heterocycles. The van der Waals surface area contributed by atoms with Crippen molar-refractivity contribution in [3.05, 3.63) is 66.4 Å². The molecule has 0 saturated carbocycles. The van der Waals surface area contributed by atoms with Crippen LogP contribution in [0.5, 0.6) is 5.75 Å². The minimum atomic E-state index is 0.246. The fraction of sp³-hybridized carbons (Fsp3) is 0. The number of phenolic OH excluding ortho intramolecular Hbond substituents is 1. The third-order valence-corrected chi connectivity index (χ3v) is 2.94. The Morgan fingerprint density at radius 2 is 1.80 bits per heavy atom. The van der Waals surface area contributed by atoms with Crippen molar-refractivity contribution >= 4 is 22.8 Å². The molecule has 98 valence electrons. The van der Waals surface area contributed by atoms with Crippen LogP contribution >= 0.6 is 0 Å². The molecular weight excluding hydrogens is 250 g/mol. The predicted molar refractivity (Wildman–Crippen MR) is 81.1 cm³/mol. The molecular formula is C16H13N3O. The Labute approximate surface area is 116 Å². The lowest BCUT2D eigenvalue weighted by molar-refractivity contribution is 0.475. The molecule has 2 N–H and O–H groups in total. The molecule has 4 nitrogen and oxygen atoms in total. The summed E-state index contributed by atoms with van der Waals surface area (Å²) in [4.78, 5) is 4.30. The van der Waals surface area contributed by atoms with Crippen molar-refractivity contribution in [1.29, 1.82) is 0 Å². The van der Waals surface area contributed by atoms with Gasteiger partial charge >= 0.3 is 0 Å². The molecule has 2 aromatic carbocycles. The van der Waals surface area contributed by atoms with Crippen LogP contribution in [0.25, 0.3) is 10.9 Å². The van der Waals surface area contributed by atoms with Gasteiger partial charge in [-0.25, -0.2) is 0 Å². The van der Waals surface area contributed by atoms with Gasteiger partial charge in [0.25, 0.3) is 0 Å². The van der Waals surface area contributed by atoms with E-state index in [9.17, 15) is 5.11 Å². The van der Waals surface area contributed by atoms with E-state index in [4.69, 9.17) is 0 Å². The molecule has 0 spiro atoms. The van der Waals surface area contributed by atoms with Gasteiger partial charge in [0.1, 0.15) is 5.75 Å². The second kappa shape index (κ2) is 5.40. The molecule has 0 atom stereocenters. The number of nitrogens with zero attached hydrogens (tertiary/aromatic N) is 2. The van der Waals surface area contributed by atoms with Crippen LogP contribution in [0.2, 0.25) is 0 Å². The van der Waals surface area contributed by atoms with E-state index < -0.39 is 0 Å². The van der Waals surface area contributed by atoms with Gasteiger partial charge in [0.2, 0.25) is 0 Å². The fourth-order valence-electron chi connectivity index (χ4n) is 1.93. The molecule has 20 heavy (non-hydrogen) atoms. The zero-order valence-electron chi connectivity index (χ0n) is 10.7. The van der Waals surface area contributed by atoms with Crippen LogP contribution in [0, 0.1) is 0 Å². The third-order valence-electron chi connectivity index (χ3n) is 2.94. The van der Waals surface area contributed by atoms with E-state index in [0.717, 1.165) is 22.2 Å². The van der Waals surface area contributed by atoms with Gasteiger partial charge in [0.15, 0.2) is 0 Å². The summed E-state index contributed by atoms with van der Waals surface area (Å²) in [6, 6.07) is 16.6. The lowest BCUT2D eigenvalue weighted by Crippen LogP contribution is -1.92. The van der Waals surface area contributed by atoms with Crippen molar-refractivity contribution in [2.75, 3.05) is 5.43 Å². The van der Waals surface area contributed by atoms with E-state index in [1.54, 1.807) is 36.7 Å². The van der Waals surface area contributed by atoms with Gasteiger partial charge < -0.3 is 5.11 Å². The summed E-state index contributed by atoms with van der Waals surface area (Å²) in [5, 5.41) is 14.4. The monoisotopic (exact) mass is 263 g/mol. The topological polar surface area (TPSA) is 57.5 Å². The van der Waals surface area contributed by atoms with Crippen molar-refractivity contribution in [3.8, 4) is 5.75 Å². The normalized spacial score (nSPS) is 11.0. The minimum absolute atomic E-state index is 0.246. The van der Waals surface area contributed by atoms with Crippen LogP contribution in [0.1, 0.15) is 5.56 Å². The summed E-state index contributed by atoms with van der Waals surface area (Å²) in [6.45, 7) is 0. The summed E-state index contributed by atoms with van der Waals surface area (Å²) < 4.78 is 0. The van der Waals surface area contributed by atoms with Crippen LogP contribution in [-0.2, 0) is 0 Å². The number of hydrazone groups is 1. The molecule has 1 aromatic heterocycles. The van der Waals surface area contributed by atoms with Gasteiger partial charge in [0.05, 0.1) is 17.4 Å². The highest BCUT2D eigenvalue weighted by Crippen LogP contribution is 2.20. The zero-order valence-corrected chi connectivity index (χ0v) is 10.7. The first kappa shape index (κ1) is 12.2. The number of phenols is 1. The lowest BCUT2D eigenvalue weighted by Gasteiger charge is -2.04. The van der Waals surface area contributed by atoms with Gasteiger partial charge in [-0.15, -0.1) is 0 Å². The Morgan fingerprint density at radius 3 is 2.65 bits per heavy atom. The highest BCUT2D eigenvalue weighted by atomic mass is 16.3. The fourth-order valence-corrected chi connectivity index (χ4v) is 1.93. The van der Waals surface area contributed by atoms with Crippen LogP contribution < -0.4 is 5.43 Å². The van der Waals surface area contributed by atoms with Gasteiger partial charge in [0, 0.05) is 11.6 Å². The first-order valence-corrected chi connectivity index (χ1v) is 6.25. The minimum Gasteiger partial charge on any atom is -0.508 e. The van der Waals surface area contributed by atoms with Gasteiger partial charge in [-0.05, 0) is 42.0 Å². The summed E-state index contributed by atoms with van der Waals surface area (Å²) >= 11 is 0. The number of fused-ring (bicyclic) bond motifs is 1. The van der Waals surface area contributed by atoms with E-state index in [2.05, 4.69) is 15.5 Å². The molecule has 4 heteroatoms. The van der Waals surface area contributed by atoms with Crippen molar-refractivity contribution in [3.63, 3.8) is 0 Å². The third kappa shape index (κ3) is 2.59. The van der Waals surface area contributed by atoms with Crippen LogP contribution in [0.4, 0.5) is 5.69 Å². The Hall–Kier alpha value is -2.88. The zero-order chi connectivity index (χ0) is 13.8. The molecule has 0 fully saturated rings. The van der Waals surface area contributed by atoms with Crippen molar-refractivity contribution < 1.29 is 5.11 Å². The number of aromatic nitrogens is 1. The summed E-state index contributed by atoms with van der Waals surface area (Å²) in [5.41, 5.74) is 5.76. The second-order valence-corrected chi connectivity index (χ2v) is 4.34. The Bertz CT molecular complexity index is 746. The average molecular weight is 263 g/mol. The molecule has 0 amide bonds. The van der Waals surface area contributed by atoms with Crippen LogP contribution in [-0.4, -0.2) is 16.3 Å². The van der Waals surface area contributed by atoms with E-state index in [-0.39, 0.29) is 5.75 Å². The highest BCUT2D eigenvalue weighted by Gasteiger charge is 1.98. The SMILES string of the molecule is Oc1ccc(C=NNc2ccnc3ccccc23)cc1. The van der Waals surface area contributed by atoms with Gasteiger partial charge in [-0.1, -0.05) is 18.2 Å². The number of nitrogens with one attached hydrogen (secondary N) is 1. The molecule has 1 heterocycles. The first-order valence-electron chi connectivity index (χ1n) is 6.25. The van der Waals surface area contributed by atoms with Crippen LogP contribution in [0.3, 0.4) is 0 Å². The number of benzene rings is 2. The molecule has 0 aliphatic rings. The number of rotatable bonds is 3. The maximum absolute atomic E-state index is 9.21. The smallest absolute Gasteiger partial charge is 0.115 e. The first-order chi connectivity index (χ1) is 9.83. The predicted octanol–water partition coefficient (Wildman–Crippen LogP) is 3.39. The summed E-state index contributed by atoms with van der Waals surface area (Å²) in [5.74, 6) is 0.246. The molecule has 0 bridgehead atoms. The van der Waals surface area contributed by atoms with E-state index >= 15 is 0 Å². The maximum Gasteiger partial charge on any atom is 0.115 e. The largest absolute Gasteiger partial charge is 0.508 e. The van der Waals surface area contributed by atoms with Crippen molar-refractivity contribution in [2.45, 2.75) is 0 Å². The summed E-state index contributed by atoms with van der Waals surface area (Å²) in [6.07, 6.45) is 3.45. The van der Waals surface area contributed by atoms with E-state index in [0.29, 0.717) is 0 Å². The Kier molecular flexibility index (Phi) is 3.29. The standard InChI is InChI=1S/C16H13N3O/c20-13-7-5-12(6-8-13)11-18-19-16-9-10-17-15-4-2-1-3-14(15)16/h1-11,20H,(H,17,19). The number of pyridine rings is 1. The Balaban J connectivity index is 1.81.